The summed E-state index contributed by atoms with van der Waals surface area (Å²) in [5.41, 5.74) is 2.76. The normalized spacial score (nSPS) is 17.2. The number of anilines is 1. The first-order valence-corrected chi connectivity index (χ1v) is 12.8. The number of carbonyl (C=O) groups is 2. The molecular weight excluding hydrogens is 498 g/mol. The number of fused-ring (bicyclic) bond motifs is 2. The van der Waals surface area contributed by atoms with Gasteiger partial charge in [-0.3, -0.25) is 19.6 Å². The van der Waals surface area contributed by atoms with Crippen molar-refractivity contribution in [2.45, 2.75) is 39.0 Å². The third-order valence-corrected chi connectivity index (χ3v) is 6.93. The molecule has 0 unspecified atom stereocenters. The lowest BCUT2D eigenvalue weighted by Crippen LogP contribution is -2.49. The molecule has 200 valence electrons. The van der Waals surface area contributed by atoms with Gasteiger partial charge in [-0.05, 0) is 30.2 Å². The number of amides is 2. The Morgan fingerprint density at radius 2 is 1.97 bits per heavy atom. The van der Waals surface area contributed by atoms with Crippen LogP contribution in [0.5, 0.6) is 5.75 Å². The Morgan fingerprint density at radius 3 is 2.82 bits per heavy atom. The third kappa shape index (κ3) is 5.23. The third-order valence-electron chi connectivity index (χ3n) is 6.93. The summed E-state index contributed by atoms with van der Waals surface area (Å²) in [5, 5.41) is 14.0. The first kappa shape index (κ1) is 24.7. The van der Waals surface area contributed by atoms with E-state index in [1.807, 2.05) is 60.1 Å². The summed E-state index contributed by atoms with van der Waals surface area (Å²) in [6, 6.07) is 14.7. The molecule has 0 bridgehead atoms. The lowest BCUT2D eigenvalue weighted by Gasteiger charge is -2.27. The maximum Gasteiger partial charge on any atom is 0.291 e. The molecule has 6 rings (SSSR count). The van der Waals surface area contributed by atoms with Gasteiger partial charge in [0, 0.05) is 26.6 Å². The van der Waals surface area contributed by atoms with Gasteiger partial charge < -0.3 is 15.0 Å². The van der Waals surface area contributed by atoms with E-state index in [2.05, 4.69) is 35.5 Å². The van der Waals surface area contributed by atoms with Crippen LogP contribution in [0.1, 0.15) is 39.2 Å². The molecule has 0 aliphatic carbocycles. The number of H-pyrrole nitrogens is 1. The highest BCUT2D eigenvalue weighted by atomic mass is 16.5. The standard InChI is InChI=1S/C27H29N9O3/c1-17-28-24-15-35(10-11-36(24)33-17)14-19-8-9-21-22(12-19)39-16-20(27(38)34(21)2)29-26(37)25-30-23(31-32-25)13-18-6-4-3-5-7-18/h3-9,12,20H,10-11,13-16H2,1-2H3,(H,29,37)(H,30,31,32)/t20-/m1/s1. The van der Waals surface area contributed by atoms with Crippen LogP contribution in [0.2, 0.25) is 0 Å². The summed E-state index contributed by atoms with van der Waals surface area (Å²) >= 11 is 0. The quantitative estimate of drug-likeness (QED) is 0.385. The van der Waals surface area contributed by atoms with E-state index in [9.17, 15) is 9.59 Å². The molecule has 1 atom stereocenters. The largest absolute Gasteiger partial charge is 0.489 e. The van der Waals surface area contributed by atoms with Gasteiger partial charge in [-0.2, -0.15) is 5.10 Å². The van der Waals surface area contributed by atoms with Crippen molar-refractivity contribution in [1.29, 1.82) is 0 Å². The number of aryl methyl sites for hydroxylation is 1. The molecule has 0 fully saturated rings. The smallest absolute Gasteiger partial charge is 0.291 e. The summed E-state index contributed by atoms with van der Waals surface area (Å²) < 4.78 is 8.00. The van der Waals surface area contributed by atoms with Gasteiger partial charge in [0.15, 0.2) is 0 Å². The molecule has 0 radical (unpaired) electrons. The van der Waals surface area contributed by atoms with Crippen LogP contribution in [0.4, 0.5) is 5.69 Å². The van der Waals surface area contributed by atoms with E-state index >= 15 is 0 Å². The highest BCUT2D eigenvalue weighted by Gasteiger charge is 2.32. The van der Waals surface area contributed by atoms with Crippen LogP contribution in [-0.2, 0) is 30.8 Å². The topological polar surface area (TPSA) is 134 Å². The van der Waals surface area contributed by atoms with E-state index in [0.29, 0.717) is 23.7 Å². The monoisotopic (exact) mass is 527 g/mol. The maximum atomic E-state index is 13.2. The van der Waals surface area contributed by atoms with Crippen LogP contribution in [0.3, 0.4) is 0 Å². The number of hydrogen-bond donors (Lipinski definition) is 2. The van der Waals surface area contributed by atoms with E-state index < -0.39 is 11.9 Å². The van der Waals surface area contributed by atoms with Crippen molar-refractivity contribution >= 4 is 17.5 Å². The fraction of sp³-hybridized carbons (Fsp3) is 0.333. The number of likely N-dealkylation sites (N-methyl/N-ethyl adjacent to an activating group) is 1. The molecule has 4 aromatic rings. The number of aromatic nitrogens is 6. The summed E-state index contributed by atoms with van der Waals surface area (Å²) in [6.07, 6.45) is 0.518. The van der Waals surface area contributed by atoms with Crippen molar-refractivity contribution in [2.75, 3.05) is 25.1 Å². The van der Waals surface area contributed by atoms with Crippen molar-refractivity contribution in [3.8, 4) is 5.75 Å². The first-order chi connectivity index (χ1) is 18.9. The molecule has 0 spiro atoms. The van der Waals surface area contributed by atoms with Crippen molar-refractivity contribution in [3.63, 3.8) is 0 Å². The predicted octanol–water partition coefficient (Wildman–Crippen LogP) is 1.47. The number of hydrogen-bond acceptors (Lipinski definition) is 8. The van der Waals surface area contributed by atoms with Crippen molar-refractivity contribution < 1.29 is 14.3 Å². The maximum absolute atomic E-state index is 13.2. The summed E-state index contributed by atoms with van der Waals surface area (Å²) in [7, 11) is 1.68. The Hall–Kier alpha value is -4.58. The molecule has 4 heterocycles. The highest BCUT2D eigenvalue weighted by molar-refractivity contribution is 6.02. The van der Waals surface area contributed by atoms with Gasteiger partial charge in [0.25, 0.3) is 11.8 Å². The van der Waals surface area contributed by atoms with E-state index in [1.165, 1.54) is 4.90 Å². The number of nitrogens with zero attached hydrogens (tertiary/aromatic N) is 7. The Labute approximate surface area is 225 Å². The van der Waals surface area contributed by atoms with Gasteiger partial charge in [-0.1, -0.05) is 36.4 Å². The van der Waals surface area contributed by atoms with E-state index in [4.69, 9.17) is 4.74 Å². The van der Waals surface area contributed by atoms with Crippen LogP contribution in [0.25, 0.3) is 0 Å². The molecule has 0 saturated carbocycles. The number of rotatable bonds is 6. The van der Waals surface area contributed by atoms with E-state index in [1.54, 1.807) is 7.05 Å². The Kier molecular flexibility index (Phi) is 6.53. The summed E-state index contributed by atoms with van der Waals surface area (Å²) in [5.74, 6) is 2.08. The van der Waals surface area contributed by atoms with Crippen LogP contribution < -0.4 is 15.0 Å². The zero-order chi connectivity index (χ0) is 26.9. The number of ether oxygens (including phenoxy) is 1. The SMILES string of the molecule is Cc1nc2n(n1)CCN(Cc1ccc3c(c1)OC[C@@H](NC(=O)c1n[nH]c(Cc4ccccc4)n1)C(=O)N3C)C2. The molecule has 2 amide bonds. The van der Waals surface area contributed by atoms with Gasteiger partial charge in [-0.25, -0.2) is 14.6 Å². The highest BCUT2D eigenvalue weighted by Crippen LogP contribution is 2.32. The van der Waals surface area contributed by atoms with Gasteiger partial charge in [0.2, 0.25) is 5.82 Å². The first-order valence-electron chi connectivity index (χ1n) is 12.8. The van der Waals surface area contributed by atoms with E-state index in [-0.39, 0.29) is 18.3 Å². The predicted molar refractivity (Wildman–Crippen MR) is 141 cm³/mol. The van der Waals surface area contributed by atoms with Crippen LogP contribution in [0.15, 0.2) is 48.5 Å². The zero-order valence-corrected chi connectivity index (χ0v) is 21.8. The second-order valence-electron chi connectivity index (χ2n) is 9.81. The molecule has 2 aromatic heterocycles. The second-order valence-corrected chi connectivity index (χ2v) is 9.81. The van der Waals surface area contributed by atoms with Crippen molar-refractivity contribution in [2.24, 2.45) is 0 Å². The van der Waals surface area contributed by atoms with Gasteiger partial charge in [0.1, 0.15) is 35.9 Å². The minimum absolute atomic E-state index is 0.00123. The molecule has 2 aliphatic heterocycles. The molecule has 39 heavy (non-hydrogen) atoms. The lowest BCUT2D eigenvalue weighted by molar-refractivity contribution is -0.120. The number of nitrogens with one attached hydrogen (secondary N) is 2. The average Bonchev–Trinajstić information content (AvgIpc) is 3.53. The molecule has 2 N–H and O–H groups in total. The second kappa shape index (κ2) is 10.3. The van der Waals surface area contributed by atoms with Gasteiger partial charge >= 0.3 is 0 Å². The number of carbonyl (C=O) groups excluding carboxylic acids is 2. The minimum Gasteiger partial charge on any atom is -0.489 e. The molecular formula is C27H29N9O3. The van der Waals surface area contributed by atoms with E-state index in [0.717, 1.165) is 49.0 Å². The van der Waals surface area contributed by atoms with Crippen LogP contribution in [0, 0.1) is 6.92 Å². The van der Waals surface area contributed by atoms with Crippen LogP contribution in [-0.4, -0.2) is 72.9 Å². The van der Waals surface area contributed by atoms with Gasteiger partial charge in [-0.15, -0.1) is 5.10 Å². The number of benzene rings is 2. The minimum atomic E-state index is -0.883. The Bertz CT molecular complexity index is 1510. The lowest BCUT2D eigenvalue weighted by atomic mass is 10.1. The Balaban J connectivity index is 1.10. The molecule has 0 saturated heterocycles. The molecule has 2 aromatic carbocycles. The average molecular weight is 528 g/mol. The van der Waals surface area contributed by atoms with Crippen molar-refractivity contribution in [1.82, 2.24) is 40.2 Å². The fourth-order valence-electron chi connectivity index (χ4n) is 4.94. The summed E-state index contributed by atoms with van der Waals surface area (Å²) in [6.45, 7) is 5.01. The summed E-state index contributed by atoms with van der Waals surface area (Å²) in [4.78, 5) is 38.7. The molecule has 12 heteroatoms. The molecule has 2 aliphatic rings. The zero-order valence-electron chi connectivity index (χ0n) is 21.8. The van der Waals surface area contributed by atoms with Crippen LogP contribution >= 0.6 is 0 Å². The van der Waals surface area contributed by atoms with Crippen molar-refractivity contribution in [3.05, 3.63) is 83.0 Å². The molecule has 12 nitrogen and oxygen atoms in total. The Morgan fingerprint density at radius 1 is 1.13 bits per heavy atom. The number of aromatic amines is 1. The van der Waals surface area contributed by atoms with Gasteiger partial charge in [0.05, 0.1) is 18.8 Å². The fourth-order valence-corrected chi connectivity index (χ4v) is 4.94.